The molecule has 1 aliphatic rings. The summed E-state index contributed by atoms with van der Waals surface area (Å²) in [5.74, 6) is 1.73. The third kappa shape index (κ3) is 3.27. The zero-order valence-electron chi connectivity index (χ0n) is 15.9. The summed E-state index contributed by atoms with van der Waals surface area (Å²) >= 11 is 0. The van der Waals surface area contributed by atoms with Crippen LogP contribution in [-0.4, -0.2) is 32.1 Å². The van der Waals surface area contributed by atoms with E-state index in [1.807, 2.05) is 54.5 Å². The van der Waals surface area contributed by atoms with E-state index in [9.17, 15) is 4.79 Å². The van der Waals surface area contributed by atoms with Gasteiger partial charge in [-0.15, -0.1) is 0 Å². The largest absolute Gasteiger partial charge is 0.361 e. The lowest BCUT2D eigenvalue weighted by Crippen LogP contribution is -2.30. The maximum Gasteiger partial charge on any atom is 0.254 e. The van der Waals surface area contributed by atoms with Gasteiger partial charge < -0.3 is 14.0 Å². The molecule has 6 nitrogen and oxygen atoms in total. The highest BCUT2D eigenvalue weighted by atomic mass is 16.5. The van der Waals surface area contributed by atoms with Crippen molar-refractivity contribution in [2.75, 3.05) is 6.54 Å². The van der Waals surface area contributed by atoms with Gasteiger partial charge in [-0.3, -0.25) is 4.79 Å². The van der Waals surface area contributed by atoms with Crippen molar-refractivity contribution in [3.63, 3.8) is 0 Å². The van der Waals surface area contributed by atoms with Crippen LogP contribution >= 0.6 is 0 Å². The smallest absolute Gasteiger partial charge is 0.254 e. The van der Waals surface area contributed by atoms with Crippen LogP contribution in [0.4, 0.5) is 0 Å². The molecule has 1 aliphatic heterocycles. The molecule has 4 rings (SSSR count). The second-order valence-electron chi connectivity index (χ2n) is 7.35. The lowest BCUT2D eigenvalue weighted by Gasteiger charge is -2.23. The van der Waals surface area contributed by atoms with E-state index in [4.69, 9.17) is 4.52 Å². The van der Waals surface area contributed by atoms with Crippen molar-refractivity contribution < 1.29 is 9.32 Å². The van der Waals surface area contributed by atoms with Crippen molar-refractivity contribution in [2.24, 2.45) is 0 Å². The molecule has 0 N–H and O–H groups in total. The summed E-state index contributed by atoms with van der Waals surface area (Å²) in [6.07, 6.45) is 5.69. The lowest BCUT2D eigenvalue weighted by molar-refractivity contribution is 0.0731. The predicted octanol–water partition coefficient (Wildman–Crippen LogP) is 4.40. The summed E-state index contributed by atoms with van der Waals surface area (Å²) < 4.78 is 7.33. The van der Waals surface area contributed by atoms with E-state index in [1.165, 1.54) is 0 Å². The number of aryl methyl sites for hydroxylation is 1. The highest BCUT2D eigenvalue weighted by molar-refractivity contribution is 5.95. The Kier molecular flexibility index (Phi) is 4.56. The third-order valence-electron chi connectivity index (χ3n) is 5.12. The van der Waals surface area contributed by atoms with Crippen LogP contribution in [0.15, 0.2) is 47.2 Å². The quantitative estimate of drug-likeness (QED) is 0.688. The van der Waals surface area contributed by atoms with Crippen molar-refractivity contribution >= 4 is 5.91 Å². The fraction of sp³-hybridized carbons (Fsp3) is 0.381. The fourth-order valence-corrected chi connectivity index (χ4v) is 3.74. The first-order valence-electron chi connectivity index (χ1n) is 9.42. The van der Waals surface area contributed by atoms with E-state index >= 15 is 0 Å². The summed E-state index contributed by atoms with van der Waals surface area (Å²) in [5, 5.41) is 4.12. The Bertz CT molecular complexity index is 939. The van der Waals surface area contributed by atoms with Gasteiger partial charge >= 0.3 is 0 Å². The minimum Gasteiger partial charge on any atom is -0.361 e. The highest BCUT2D eigenvalue weighted by Gasteiger charge is 2.32. The number of imidazole rings is 1. The number of hydrogen-bond donors (Lipinski definition) is 0. The molecular weight excluding hydrogens is 340 g/mol. The van der Waals surface area contributed by atoms with Gasteiger partial charge in [0.25, 0.3) is 5.91 Å². The molecule has 0 aliphatic carbocycles. The van der Waals surface area contributed by atoms with Crippen molar-refractivity contribution in [2.45, 2.75) is 45.7 Å². The Balaban J connectivity index is 1.56. The number of carbonyl (C=O) groups excluding carboxylic acids is 1. The van der Waals surface area contributed by atoms with Gasteiger partial charge in [-0.25, -0.2) is 4.98 Å². The zero-order chi connectivity index (χ0) is 19.0. The molecule has 1 aromatic carbocycles. The van der Waals surface area contributed by atoms with E-state index in [1.54, 1.807) is 0 Å². The van der Waals surface area contributed by atoms with Crippen molar-refractivity contribution in [3.8, 4) is 11.4 Å². The fourth-order valence-electron chi connectivity index (χ4n) is 3.74. The average Bonchev–Trinajstić information content (AvgIpc) is 3.40. The molecule has 1 atom stereocenters. The summed E-state index contributed by atoms with van der Waals surface area (Å²) in [5.41, 5.74) is 2.54. The van der Waals surface area contributed by atoms with E-state index in [-0.39, 0.29) is 11.9 Å². The van der Waals surface area contributed by atoms with E-state index in [2.05, 4.69) is 28.6 Å². The van der Waals surface area contributed by atoms with Crippen LogP contribution in [0.25, 0.3) is 11.4 Å². The number of nitrogens with zero attached hydrogens (tertiary/aromatic N) is 4. The summed E-state index contributed by atoms with van der Waals surface area (Å²) in [6, 6.07) is 9.97. The van der Waals surface area contributed by atoms with Crippen LogP contribution in [0.2, 0.25) is 0 Å². The molecule has 1 saturated heterocycles. The van der Waals surface area contributed by atoms with Gasteiger partial charge in [0.1, 0.15) is 17.3 Å². The molecule has 1 amide bonds. The standard InChI is InChI=1S/C21H24N4O2/c1-14(2)24-12-10-22-20(24)16-6-8-17(9-7-16)21(26)25-11-4-5-19(25)18-13-15(3)27-23-18/h6-10,12-14,19H,4-5,11H2,1-3H3/t19-/m1/s1. The first-order valence-corrected chi connectivity index (χ1v) is 9.42. The Labute approximate surface area is 158 Å². The second-order valence-corrected chi connectivity index (χ2v) is 7.35. The zero-order valence-corrected chi connectivity index (χ0v) is 15.9. The molecule has 3 aromatic rings. The first kappa shape index (κ1) is 17.5. The number of benzene rings is 1. The Morgan fingerprint density at radius 2 is 2.04 bits per heavy atom. The van der Waals surface area contributed by atoms with Gasteiger partial charge in [-0.1, -0.05) is 17.3 Å². The minimum atomic E-state index is -0.00512. The van der Waals surface area contributed by atoms with Crippen LogP contribution in [-0.2, 0) is 0 Å². The normalized spacial score (nSPS) is 17.0. The Hall–Kier alpha value is -2.89. The van der Waals surface area contributed by atoms with Gasteiger partial charge in [0.2, 0.25) is 0 Å². The SMILES string of the molecule is Cc1cc([C@H]2CCCN2C(=O)c2ccc(-c3nccn3C(C)C)cc2)no1. The lowest BCUT2D eigenvalue weighted by atomic mass is 10.1. The molecule has 0 unspecified atom stereocenters. The molecule has 1 fully saturated rings. The van der Waals surface area contributed by atoms with Crippen molar-refractivity contribution in [1.82, 2.24) is 19.6 Å². The molecular formula is C21H24N4O2. The highest BCUT2D eigenvalue weighted by Crippen LogP contribution is 2.33. The number of hydrogen-bond acceptors (Lipinski definition) is 4. The molecule has 6 heteroatoms. The van der Waals surface area contributed by atoms with Gasteiger partial charge in [0.15, 0.2) is 0 Å². The Morgan fingerprint density at radius 3 is 2.70 bits per heavy atom. The molecule has 27 heavy (non-hydrogen) atoms. The summed E-state index contributed by atoms with van der Waals surface area (Å²) in [7, 11) is 0. The number of aromatic nitrogens is 3. The molecule has 0 spiro atoms. The first-order chi connectivity index (χ1) is 13.0. The van der Waals surface area contributed by atoms with E-state index < -0.39 is 0 Å². The van der Waals surface area contributed by atoms with Gasteiger partial charge in [-0.05, 0) is 45.7 Å². The topological polar surface area (TPSA) is 64.2 Å². The van der Waals surface area contributed by atoms with Crippen molar-refractivity contribution in [1.29, 1.82) is 0 Å². The van der Waals surface area contributed by atoms with Crippen LogP contribution in [0, 0.1) is 6.92 Å². The molecule has 0 radical (unpaired) electrons. The van der Waals surface area contributed by atoms with Crippen molar-refractivity contribution in [3.05, 3.63) is 59.7 Å². The number of rotatable bonds is 4. The molecule has 0 saturated carbocycles. The number of amides is 1. The molecule has 3 heterocycles. The number of likely N-dealkylation sites (tertiary alicyclic amines) is 1. The molecule has 140 valence electrons. The molecule has 0 bridgehead atoms. The minimum absolute atomic E-state index is 0.00512. The van der Waals surface area contributed by atoms with Gasteiger partial charge in [-0.2, -0.15) is 0 Å². The van der Waals surface area contributed by atoms with Crippen LogP contribution in [0.1, 0.15) is 60.6 Å². The van der Waals surface area contributed by atoms with Crippen LogP contribution in [0.3, 0.4) is 0 Å². The van der Waals surface area contributed by atoms with Crippen LogP contribution in [0.5, 0.6) is 0 Å². The average molecular weight is 364 g/mol. The van der Waals surface area contributed by atoms with Gasteiger partial charge in [0, 0.05) is 42.2 Å². The predicted molar refractivity (Wildman–Crippen MR) is 102 cm³/mol. The van der Waals surface area contributed by atoms with E-state index in [0.717, 1.165) is 42.2 Å². The van der Waals surface area contributed by atoms with Gasteiger partial charge in [0.05, 0.1) is 6.04 Å². The van der Waals surface area contributed by atoms with E-state index in [0.29, 0.717) is 11.6 Å². The van der Waals surface area contributed by atoms with Crippen LogP contribution < -0.4 is 0 Å². The number of carbonyl (C=O) groups is 1. The maximum atomic E-state index is 13.1. The summed E-state index contributed by atoms with van der Waals surface area (Å²) in [6.45, 7) is 6.87. The maximum absolute atomic E-state index is 13.1. The summed E-state index contributed by atoms with van der Waals surface area (Å²) in [4.78, 5) is 19.4. The third-order valence-corrected chi connectivity index (χ3v) is 5.12. The monoisotopic (exact) mass is 364 g/mol. The second kappa shape index (κ2) is 7.02. The molecule has 2 aromatic heterocycles. The Morgan fingerprint density at radius 1 is 1.26 bits per heavy atom.